The Morgan fingerprint density at radius 2 is 2.00 bits per heavy atom. The first-order valence-electron chi connectivity index (χ1n) is 4.67. The van der Waals surface area contributed by atoms with Crippen molar-refractivity contribution in [2.75, 3.05) is 6.54 Å². The Bertz CT molecular complexity index is 141. The third-order valence-electron chi connectivity index (χ3n) is 2.64. The van der Waals surface area contributed by atoms with Gasteiger partial charge in [-0.25, -0.2) is 0 Å². The highest BCUT2D eigenvalue weighted by Crippen LogP contribution is 2.21. The summed E-state index contributed by atoms with van der Waals surface area (Å²) in [5.41, 5.74) is 0. The molecule has 0 aliphatic heterocycles. The topological polar surface area (TPSA) is 40.5 Å². The van der Waals surface area contributed by atoms with Gasteiger partial charge in [0.05, 0.1) is 6.10 Å². The van der Waals surface area contributed by atoms with Gasteiger partial charge in [0.1, 0.15) is 0 Å². The Morgan fingerprint density at radius 3 is 2.42 bits per heavy atom. The number of carbonyl (C=O) groups excluding carboxylic acids is 1. The minimum atomic E-state index is -0.133. The monoisotopic (exact) mass is 171 g/mol. The Labute approximate surface area is 73.4 Å². The summed E-state index contributed by atoms with van der Waals surface area (Å²) in [7, 11) is 0. The Balaban J connectivity index is 2.37. The fourth-order valence-electron chi connectivity index (χ4n) is 1.81. The van der Waals surface area contributed by atoms with Crippen LogP contribution in [0.15, 0.2) is 0 Å². The second kappa shape index (κ2) is 4.45. The van der Waals surface area contributed by atoms with Gasteiger partial charge in [0.2, 0.25) is 6.41 Å². The molecule has 1 amide bonds. The lowest BCUT2D eigenvalue weighted by Gasteiger charge is -2.32. The van der Waals surface area contributed by atoms with Crippen molar-refractivity contribution in [3.63, 3.8) is 0 Å². The van der Waals surface area contributed by atoms with Gasteiger partial charge in [-0.1, -0.05) is 0 Å². The molecule has 0 aromatic heterocycles. The first-order valence-corrected chi connectivity index (χ1v) is 4.67. The number of rotatable bonds is 3. The van der Waals surface area contributed by atoms with Gasteiger partial charge in [0.15, 0.2) is 0 Å². The zero-order valence-electron chi connectivity index (χ0n) is 7.57. The van der Waals surface area contributed by atoms with Gasteiger partial charge in [-0.15, -0.1) is 0 Å². The molecular weight excluding hydrogens is 154 g/mol. The molecule has 70 valence electrons. The maximum atomic E-state index is 10.6. The average molecular weight is 171 g/mol. The quantitative estimate of drug-likeness (QED) is 0.637. The third kappa shape index (κ3) is 2.21. The number of aliphatic hydroxyl groups excluding tert-OH is 1. The van der Waals surface area contributed by atoms with Crippen LogP contribution in [0.1, 0.15) is 32.6 Å². The normalized spacial score (nSPS) is 29.8. The molecule has 1 fully saturated rings. The first-order chi connectivity index (χ1) is 5.77. The molecule has 3 nitrogen and oxygen atoms in total. The fraction of sp³-hybridized carbons (Fsp3) is 0.889. The highest BCUT2D eigenvalue weighted by molar-refractivity contribution is 5.47. The van der Waals surface area contributed by atoms with Crippen molar-refractivity contribution in [2.24, 2.45) is 0 Å². The van der Waals surface area contributed by atoms with Crippen LogP contribution in [-0.4, -0.2) is 35.1 Å². The van der Waals surface area contributed by atoms with Crippen LogP contribution in [0.3, 0.4) is 0 Å². The van der Waals surface area contributed by atoms with E-state index in [0.29, 0.717) is 6.04 Å². The van der Waals surface area contributed by atoms with E-state index in [4.69, 9.17) is 0 Å². The van der Waals surface area contributed by atoms with Crippen LogP contribution in [0.25, 0.3) is 0 Å². The molecule has 1 N–H and O–H groups in total. The molecule has 3 heteroatoms. The van der Waals surface area contributed by atoms with Crippen LogP contribution in [0.5, 0.6) is 0 Å². The molecule has 0 aromatic carbocycles. The molecule has 0 atom stereocenters. The Kier molecular flexibility index (Phi) is 3.53. The predicted octanol–water partition coefficient (Wildman–Crippen LogP) is 0.768. The molecule has 12 heavy (non-hydrogen) atoms. The second-order valence-electron chi connectivity index (χ2n) is 3.40. The van der Waals surface area contributed by atoms with Gasteiger partial charge in [-0.05, 0) is 32.6 Å². The SMILES string of the molecule is CCN(C=O)C1CCC(O)CC1. The molecule has 0 spiro atoms. The summed E-state index contributed by atoms with van der Waals surface area (Å²) < 4.78 is 0. The first kappa shape index (κ1) is 9.52. The van der Waals surface area contributed by atoms with Gasteiger partial charge in [0.25, 0.3) is 0 Å². The summed E-state index contributed by atoms with van der Waals surface area (Å²) >= 11 is 0. The van der Waals surface area contributed by atoms with Crippen molar-refractivity contribution in [3.8, 4) is 0 Å². The molecule has 0 heterocycles. The van der Waals surface area contributed by atoms with E-state index >= 15 is 0 Å². The highest BCUT2D eigenvalue weighted by atomic mass is 16.3. The smallest absolute Gasteiger partial charge is 0.209 e. The van der Waals surface area contributed by atoms with Crippen molar-refractivity contribution in [1.29, 1.82) is 0 Å². The van der Waals surface area contributed by atoms with Crippen LogP contribution >= 0.6 is 0 Å². The lowest BCUT2D eigenvalue weighted by molar-refractivity contribution is -0.121. The van der Waals surface area contributed by atoms with Crippen molar-refractivity contribution >= 4 is 6.41 Å². The summed E-state index contributed by atoms with van der Waals surface area (Å²) in [5.74, 6) is 0. The standard InChI is InChI=1S/C9H17NO2/c1-2-10(7-11)8-3-5-9(12)6-4-8/h7-9,12H,2-6H2,1H3. The van der Waals surface area contributed by atoms with E-state index in [1.807, 2.05) is 11.8 Å². The van der Waals surface area contributed by atoms with Gasteiger partial charge in [-0.2, -0.15) is 0 Å². The van der Waals surface area contributed by atoms with Gasteiger partial charge in [0, 0.05) is 12.6 Å². The molecule has 0 aromatic rings. The summed E-state index contributed by atoms with van der Waals surface area (Å²) in [6.45, 7) is 2.77. The van der Waals surface area contributed by atoms with Gasteiger partial charge < -0.3 is 10.0 Å². The van der Waals surface area contributed by atoms with Gasteiger partial charge >= 0.3 is 0 Å². The Morgan fingerprint density at radius 1 is 1.42 bits per heavy atom. The zero-order valence-corrected chi connectivity index (χ0v) is 7.57. The summed E-state index contributed by atoms with van der Waals surface area (Å²) in [6, 6.07) is 0.371. The summed E-state index contributed by atoms with van der Waals surface area (Å²) in [6.07, 6.45) is 4.38. The lowest BCUT2D eigenvalue weighted by Crippen LogP contribution is -2.37. The van der Waals surface area contributed by atoms with E-state index in [2.05, 4.69) is 0 Å². The van der Waals surface area contributed by atoms with E-state index in [-0.39, 0.29) is 6.10 Å². The van der Waals surface area contributed by atoms with E-state index in [9.17, 15) is 9.90 Å². The number of carbonyl (C=O) groups is 1. The molecule has 0 radical (unpaired) electrons. The average Bonchev–Trinajstić information content (AvgIpc) is 2.10. The Hall–Kier alpha value is -0.570. The molecule has 1 rings (SSSR count). The molecular formula is C9H17NO2. The highest BCUT2D eigenvalue weighted by Gasteiger charge is 2.22. The molecule has 1 aliphatic rings. The molecule has 1 saturated carbocycles. The fourth-order valence-corrected chi connectivity index (χ4v) is 1.81. The van der Waals surface area contributed by atoms with Crippen LogP contribution in [0, 0.1) is 0 Å². The number of nitrogens with zero attached hydrogens (tertiary/aromatic N) is 1. The van der Waals surface area contributed by atoms with Crippen molar-refractivity contribution in [1.82, 2.24) is 4.90 Å². The summed E-state index contributed by atoms with van der Waals surface area (Å²) in [5, 5.41) is 9.25. The van der Waals surface area contributed by atoms with Crippen LogP contribution in [-0.2, 0) is 4.79 Å². The molecule has 0 bridgehead atoms. The number of amides is 1. The predicted molar refractivity (Wildman–Crippen MR) is 46.7 cm³/mol. The maximum Gasteiger partial charge on any atom is 0.209 e. The number of hydrogen-bond acceptors (Lipinski definition) is 2. The van der Waals surface area contributed by atoms with Crippen LogP contribution in [0.4, 0.5) is 0 Å². The van der Waals surface area contributed by atoms with E-state index < -0.39 is 0 Å². The van der Waals surface area contributed by atoms with Crippen molar-refractivity contribution in [2.45, 2.75) is 44.8 Å². The molecule has 1 aliphatic carbocycles. The van der Waals surface area contributed by atoms with Crippen LogP contribution in [0.2, 0.25) is 0 Å². The number of aliphatic hydroxyl groups is 1. The van der Waals surface area contributed by atoms with E-state index in [0.717, 1.165) is 38.6 Å². The van der Waals surface area contributed by atoms with E-state index in [1.165, 1.54) is 0 Å². The lowest BCUT2D eigenvalue weighted by atomic mass is 9.92. The van der Waals surface area contributed by atoms with Crippen molar-refractivity contribution in [3.05, 3.63) is 0 Å². The van der Waals surface area contributed by atoms with Crippen molar-refractivity contribution < 1.29 is 9.90 Å². The maximum absolute atomic E-state index is 10.6. The minimum Gasteiger partial charge on any atom is -0.393 e. The molecule has 0 saturated heterocycles. The number of hydrogen-bond donors (Lipinski definition) is 1. The third-order valence-corrected chi connectivity index (χ3v) is 2.64. The minimum absolute atomic E-state index is 0.133. The molecule has 0 unspecified atom stereocenters. The largest absolute Gasteiger partial charge is 0.393 e. The zero-order chi connectivity index (χ0) is 8.97. The second-order valence-corrected chi connectivity index (χ2v) is 3.40. The summed E-state index contributed by atoms with van der Waals surface area (Å²) in [4.78, 5) is 12.4. The van der Waals surface area contributed by atoms with Crippen LogP contribution < -0.4 is 0 Å². The van der Waals surface area contributed by atoms with E-state index in [1.54, 1.807) is 0 Å². The van der Waals surface area contributed by atoms with Gasteiger partial charge in [-0.3, -0.25) is 4.79 Å².